The van der Waals surface area contributed by atoms with Crippen molar-refractivity contribution >= 4 is 10.0 Å². The first-order chi connectivity index (χ1) is 9.60. The van der Waals surface area contributed by atoms with Gasteiger partial charge in [0.15, 0.2) is 0 Å². The molecule has 0 aliphatic carbocycles. The van der Waals surface area contributed by atoms with Crippen molar-refractivity contribution in [3.63, 3.8) is 0 Å². The monoisotopic (exact) mass is 293 g/mol. The summed E-state index contributed by atoms with van der Waals surface area (Å²) < 4.78 is 26.9. The van der Waals surface area contributed by atoms with Crippen molar-refractivity contribution in [2.75, 3.05) is 13.1 Å². The topological polar surface area (TPSA) is 37.4 Å². The minimum atomic E-state index is -3.36. The maximum atomic E-state index is 12.7. The van der Waals surface area contributed by atoms with Gasteiger partial charge in [0.2, 0.25) is 10.0 Å². The highest BCUT2D eigenvalue weighted by atomic mass is 32.2. The summed E-state index contributed by atoms with van der Waals surface area (Å²) in [6, 6.07) is 7.11. The molecule has 0 amide bonds. The van der Waals surface area contributed by atoms with E-state index < -0.39 is 10.0 Å². The number of hydrogen-bond acceptors (Lipinski definition) is 2. The van der Waals surface area contributed by atoms with Crippen LogP contribution >= 0.6 is 0 Å². The Bertz CT molecular complexity index is 546. The molecular weight excluding hydrogens is 270 g/mol. The van der Waals surface area contributed by atoms with Gasteiger partial charge in [-0.1, -0.05) is 42.7 Å². The third kappa shape index (κ3) is 3.93. The largest absolute Gasteiger partial charge is 0.243 e. The van der Waals surface area contributed by atoms with Crippen molar-refractivity contribution in [3.05, 3.63) is 42.0 Å². The van der Waals surface area contributed by atoms with Crippen molar-refractivity contribution in [2.45, 2.75) is 43.9 Å². The summed E-state index contributed by atoms with van der Waals surface area (Å²) in [6.45, 7) is 3.06. The highest BCUT2D eigenvalue weighted by Gasteiger charge is 2.22. The Hall–Kier alpha value is -1.13. The standard InChI is InChI=1S/C16H23NO2S/c1-15-9-11-16(12-10-15)20(18,19)17-13-7-5-3-2-4-6-8-14-17/h5,7,9-12H,2-4,6,8,13-14H2,1H3/b7-5-. The smallest absolute Gasteiger partial charge is 0.207 e. The fourth-order valence-electron chi connectivity index (χ4n) is 2.38. The Morgan fingerprint density at radius 1 is 0.950 bits per heavy atom. The molecule has 1 aliphatic rings. The molecule has 0 fully saturated rings. The minimum Gasteiger partial charge on any atom is -0.207 e. The molecule has 0 N–H and O–H groups in total. The molecule has 1 aromatic rings. The number of benzene rings is 1. The Balaban J connectivity index is 2.20. The second kappa shape index (κ2) is 7.04. The molecule has 4 heteroatoms. The van der Waals surface area contributed by atoms with Gasteiger partial charge in [0, 0.05) is 13.1 Å². The summed E-state index contributed by atoms with van der Waals surface area (Å²) in [5.74, 6) is 0. The van der Waals surface area contributed by atoms with E-state index in [1.165, 1.54) is 12.8 Å². The fraction of sp³-hybridized carbons (Fsp3) is 0.500. The molecule has 0 spiro atoms. The first kappa shape index (κ1) is 15.3. The van der Waals surface area contributed by atoms with Crippen LogP contribution in [-0.2, 0) is 10.0 Å². The zero-order valence-electron chi connectivity index (χ0n) is 12.1. The molecule has 2 rings (SSSR count). The van der Waals surface area contributed by atoms with Crippen molar-refractivity contribution < 1.29 is 8.42 Å². The lowest BCUT2D eigenvalue weighted by Gasteiger charge is -2.21. The molecule has 0 radical (unpaired) electrons. The second-order valence-electron chi connectivity index (χ2n) is 5.35. The average Bonchev–Trinajstić information content (AvgIpc) is 2.45. The van der Waals surface area contributed by atoms with Crippen LogP contribution in [0.4, 0.5) is 0 Å². The Kier molecular flexibility index (Phi) is 5.38. The summed E-state index contributed by atoms with van der Waals surface area (Å²) in [6.07, 6.45) is 9.58. The fourth-order valence-corrected chi connectivity index (χ4v) is 3.81. The van der Waals surface area contributed by atoms with Crippen LogP contribution in [0.25, 0.3) is 0 Å². The average molecular weight is 293 g/mol. The number of hydrogen-bond donors (Lipinski definition) is 0. The molecule has 0 saturated heterocycles. The Morgan fingerprint density at radius 2 is 1.65 bits per heavy atom. The summed E-state index contributed by atoms with van der Waals surface area (Å²) in [5, 5.41) is 0. The van der Waals surface area contributed by atoms with Crippen LogP contribution in [-0.4, -0.2) is 25.8 Å². The highest BCUT2D eigenvalue weighted by molar-refractivity contribution is 7.89. The van der Waals surface area contributed by atoms with Gasteiger partial charge in [0.1, 0.15) is 0 Å². The molecule has 0 bridgehead atoms. The van der Waals surface area contributed by atoms with Crippen LogP contribution in [0.15, 0.2) is 41.3 Å². The molecular formula is C16H23NO2S. The molecule has 3 nitrogen and oxygen atoms in total. The number of rotatable bonds is 2. The van der Waals surface area contributed by atoms with E-state index in [2.05, 4.69) is 6.08 Å². The lowest BCUT2D eigenvalue weighted by atomic mass is 10.1. The normalized spacial score (nSPS) is 20.4. The van der Waals surface area contributed by atoms with Crippen LogP contribution in [0.2, 0.25) is 0 Å². The van der Waals surface area contributed by atoms with Crippen LogP contribution < -0.4 is 0 Å². The van der Waals surface area contributed by atoms with Crippen molar-refractivity contribution in [3.8, 4) is 0 Å². The lowest BCUT2D eigenvalue weighted by Crippen LogP contribution is -2.32. The number of nitrogens with zero attached hydrogens (tertiary/aromatic N) is 1. The summed E-state index contributed by atoms with van der Waals surface area (Å²) in [5.41, 5.74) is 1.07. The number of sulfonamides is 1. The minimum absolute atomic E-state index is 0.397. The number of aryl methyl sites for hydroxylation is 1. The third-order valence-corrected chi connectivity index (χ3v) is 5.54. The SMILES string of the molecule is Cc1ccc(S(=O)(=O)N2C/C=C\CCCCCC2)cc1. The van der Waals surface area contributed by atoms with E-state index in [9.17, 15) is 8.42 Å². The zero-order chi connectivity index (χ0) is 14.4. The van der Waals surface area contributed by atoms with E-state index in [4.69, 9.17) is 0 Å². The molecule has 20 heavy (non-hydrogen) atoms. The molecule has 110 valence electrons. The van der Waals surface area contributed by atoms with Gasteiger partial charge in [0.05, 0.1) is 4.90 Å². The van der Waals surface area contributed by atoms with Crippen LogP contribution in [0.1, 0.15) is 37.7 Å². The molecule has 1 aliphatic heterocycles. The molecule has 0 unspecified atom stereocenters. The van der Waals surface area contributed by atoms with Gasteiger partial charge >= 0.3 is 0 Å². The quantitative estimate of drug-likeness (QED) is 0.783. The zero-order valence-corrected chi connectivity index (χ0v) is 12.9. The van der Waals surface area contributed by atoms with Gasteiger partial charge in [0.25, 0.3) is 0 Å². The molecule has 0 aromatic heterocycles. The first-order valence-electron chi connectivity index (χ1n) is 7.32. The van der Waals surface area contributed by atoms with E-state index in [0.717, 1.165) is 24.8 Å². The first-order valence-corrected chi connectivity index (χ1v) is 8.76. The van der Waals surface area contributed by atoms with Crippen LogP contribution in [0.5, 0.6) is 0 Å². The van der Waals surface area contributed by atoms with Crippen molar-refractivity contribution in [1.82, 2.24) is 4.31 Å². The van der Waals surface area contributed by atoms with Crippen molar-refractivity contribution in [1.29, 1.82) is 0 Å². The van der Waals surface area contributed by atoms with Gasteiger partial charge in [-0.3, -0.25) is 0 Å². The Morgan fingerprint density at radius 3 is 2.40 bits per heavy atom. The van der Waals surface area contributed by atoms with E-state index in [1.54, 1.807) is 16.4 Å². The summed E-state index contributed by atoms with van der Waals surface area (Å²) in [4.78, 5) is 0.397. The summed E-state index contributed by atoms with van der Waals surface area (Å²) >= 11 is 0. The molecule has 0 atom stereocenters. The van der Waals surface area contributed by atoms with Crippen molar-refractivity contribution in [2.24, 2.45) is 0 Å². The Labute approximate surface area is 122 Å². The number of allylic oxidation sites excluding steroid dienone is 1. The maximum absolute atomic E-state index is 12.7. The van der Waals surface area contributed by atoms with Crippen LogP contribution in [0, 0.1) is 6.92 Å². The van der Waals surface area contributed by atoms with Gasteiger partial charge in [-0.15, -0.1) is 0 Å². The van der Waals surface area contributed by atoms with Gasteiger partial charge in [-0.2, -0.15) is 4.31 Å². The van der Waals surface area contributed by atoms with E-state index in [-0.39, 0.29) is 0 Å². The van der Waals surface area contributed by atoms with Gasteiger partial charge in [-0.25, -0.2) is 8.42 Å². The second-order valence-corrected chi connectivity index (χ2v) is 7.29. The predicted octanol–water partition coefficient (Wildman–Crippen LogP) is 3.51. The van der Waals surface area contributed by atoms with Crippen LogP contribution in [0.3, 0.4) is 0 Å². The maximum Gasteiger partial charge on any atom is 0.243 e. The highest BCUT2D eigenvalue weighted by Crippen LogP contribution is 2.18. The van der Waals surface area contributed by atoms with E-state index in [1.807, 2.05) is 25.1 Å². The van der Waals surface area contributed by atoms with Gasteiger partial charge < -0.3 is 0 Å². The molecule has 1 heterocycles. The summed E-state index contributed by atoms with van der Waals surface area (Å²) in [7, 11) is -3.36. The molecule has 0 saturated carbocycles. The lowest BCUT2D eigenvalue weighted by molar-refractivity contribution is 0.422. The van der Waals surface area contributed by atoms with Gasteiger partial charge in [-0.05, 0) is 38.3 Å². The third-order valence-electron chi connectivity index (χ3n) is 3.66. The molecule has 1 aromatic carbocycles. The predicted molar refractivity (Wildman–Crippen MR) is 82.2 cm³/mol. The van der Waals surface area contributed by atoms with E-state index in [0.29, 0.717) is 18.0 Å². The van der Waals surface area contributed by atoms with E-state index >= 15 is 0 Å².